The van der Waals surface area contributed by atoms with Gasteiger partial charge in [-0.3, -0.25) is 4.79 Å². The number of amides is 1. The van der Waals surface area contributed by atoms with E-state index in [2.05, 4.69) is 22.4 Å². The molecule has 0 unspecified atom stereocenters. The molecule has 130 valence electrons. The Morgan fingerprint density at radius 1 is 1.48 bits per heavy atom. The van der Waals surface area contributed by atoms with Gasteiger partial charge in [0.2, 0.25) is 5.91 Å². The van der Waals surface area contributed by atoms with Crippen LogP contribution in [0.25, 0.3) is 0 Å². The van der Waals surface area contributed by atoms with Crippen LogP contribution in [0.3, 0.4) is 0 Å². The van der Waals surface area contributed by atoms with Crippen molar-refractivity contribution in [3.05, 3.63) is 12.2 Å². The third-order valence-electron chi connectivity index (χ3n) is 4.43. The molecule has 0 radical (unpaired) electrons. The lowest BCUT2D eigenvalue weighted by atomic mass is 9.83. The molecule has 1 aromatic rings. The summed E-state index contributed by atoms with van der Waals surface area (Å²) in [5.74, 6) is 1.01. The third kappa shape index (κ3) is 5.00. The zero-order valence-corrected chi connectivity index (χ0v) is 14.2. The van der Waals surface area contributed by atoms with Gasteiger partial charge in [-0.05, 0) is 32.6 Å². The highest BCUT2D eigenvalue weighted by atomic mass is 16.5. The summed E-state index contributed by atoms with van der Waals surface area (Å²) in [6, 6.07) is 0.0497. The molecule has 1 heterocycles. The van der Waals surface area contributed by atoms with E-state index in [1.54, 1.807) is 6.33 Å². The van der Waals surface area contributed by atoms with Gasteiger partial charge in [0.1, 0.15) is 12.2 Å². The molecule has 1 saturated carbocycles. The maximum atomic E-state index is 12.4. The normalized spacial score (nSPS) is 24.6. The van der Waals surface area contributed by atoms with Crippen LogP contribution < -0.4 is 11.1 Å². The molecule has 2 rings (SSSR count). The zero-order valence-electron chi connectivity index (χ0n) is 14.2. The highest BCUT2D eigenvalue weighted by molar-refractivity contribution is 5.78. The number of nitrogens with zero attached hydrogens (tertiary/aromatic N) is 3. The number of rotatable bonds is 8. The number of aryl methyl sites for hydroxylation is 1. The van der Waals surface area contributed by atoms with Crippen LogP contribution in [0.5, 0.6) is 0 Å². The van der Waals surface area contributed by atoms with Gasteiger partial charge in [-0.1, -0.05) is 6.92 Å². The summed E-state index contributed by atoms with van der Waals surface area (Å²) in [5, 5.41) is 11.0. The van der Waals surface area contributed by atoms with E-state index < -0.39 is 0 Å². The Kier molecular flexibility index (Phi) is 6.98. The van der Waals surface area contributed by atoms with E-state index in [1.165, 1.54) is 0 Å². The van der Waals surface area contributed by atoms with Gasteiger partial charge in [0, 0.05) is 38.1 Å². The summed E-state index contributed by atoms with van der Waals surface area (Å²) in [7, 11) is 0. The minimum atomic E-state index is 0.000649. The molecule has 0 spiro atoms. The molecule has 1 aromatic heterocycles. The molecule has 1 aliphatic rings. The molecule has 0 saturated heterocycles. The lowest BCUT2D eigenvalue weighted by Crippen LogP contribution is -2.46. The zero-order chi connectivity index (χ0) is 16.7. The Hall–Kier alpha value is -1.47. The molecule has 3 atom stereocenters. The topological polar surface area (TPSA) is 95.1 Å². The van der Waals surface area contributed by atoms with Crippen molar-refractivity contribution in [3.8, 4) is 0 Å². The van der Waals surface area contributed by atoms with Crippen LogP contribution in [0, 0.1) is 5.92 Å². The fourth-order valence-electron chi connectivity index (χ4n) is 3.03. The van der Waals surface area contributed by atoms with Crippen LogP contribution in [0.1, 0.15) is 45.4 Å². The van der Waals surface area contributed by atoms with E-state index in [0.717, 1.165) is 38.1 Å². The van der Waals surface area contributed by atoms with Gasteiger partial charge in [0.25, 0.3) is 0 Å². The van der Waals surface area contributed by atoms with E-state index >= 15 is 0 Å². The van der Waals surface area contributed by atoms with Crippen LogP contribution in [0.2, 0.25) is 0 Å². The van der Waals surface area contributed by atoms with E-state index in [4.69, 9.17) is 10.5 Å². The molecule has 23 heavy (non-hydrogen) atoms. The Bertz CT molecular complexity index is 491. The Morgan fingerprint density at radius 2 is 2.30 bits per heavy atom. The molecule has 0 aliphatic heterocycles. The lowest BCUT2D eigenvalue weighted by Gasteiger charge is -2.33. The summed E-state index contributed by atoms with van der Waals surface area (Å²) in [6.07, 6.45) is 5.79. The summed E-state index contributed by atoms with van der Waals surface area (Å²) >= 11 is 0. The van der Waals surface area contributed by atoms with Crippen molar-refractivity contribution in [1.29, 1.82) is 0 Å². The van der Waals surface area contributed by atoms with Crippen LogP contribution in [0.4, 0.5) is 0 Å². The largest absolute Gasteiger partial charge is 0.377 e. The van der Waals surface area contributed by atoms with Crippen molar-refractivity contribution in [1.82, 2.24) is 20.1 Å². The second-order valence-corrected chi connectivity index (χ2v) is 6.16. The summed E-state index contributed by atoms with van der Waals surface area (Å²) in [5.41, 5.74) is 6.10. The van der Waals surface area contributed by atoms with Crippen LogP contribution >= 0.6 is 0 Å². The Labute approximate surface area is 138 Å². The molecular weight excluding hydrogens is 294 g/mol. The molecule has 0 aromatic carbocycles. The van der Waals surface area contributed by atoms with Crippen molar-refractivity contribution < 1.29 is 9.53 Å². The molecule has 1 aliphatic carbocycles. The summed E-state index contributed by atoms with van der Waals surface area (Å²) in [4.78, 5) is 12.4. The molecule has 7 nitrogen and oxygen atoms in total. The number of ether oxygens (including phenoxy) is 1. The van der Waals surface area contributed by atoms with Crippen molar-refractivity contribution >= 4 is 5.91 Å². The van der Waals surface area contributed by atoms with Crippen molar-refractivity contribution in [2.24, 2.45) is 11.7 Å². The molecular formula is C16H29N5O2. The van der Waals surface area contributed by atoms with E-state index in [0.29, 0.717) is 19.6 Å². The first-order valence-corrected chi connectivity index (χ1v) is 8.67. The highest BCUT2D eigenvalue weighted by Gasteiger charge is 2.32. The maximum Gasteiger partial charge on any atom is 0.223 e. The van der Waals surface area contributed by atoms with E-state index in [-0.39, 0.29) is 24.0 Å². The average Bonchev–Trinajstić information content (AvgIpc) is 3.01. The van der Waals surface area contributed by atoms with E-state index in [9.17, 15) is 4.79 Å². The van der Waals surface area contributed by atoms with Gasteiger partial charge in [-0.15, -0.1) is 10.2 Å². The van der Waals surface area contributed by atoms with Crippen LogP contribution in [-0.4, -0.2) is 46.0 Å². The van der Waals surface area contributed by atoms with Gasteiger partial charge in [-0.2, -0.15) is 0 Å². The summed E-state index contributed by atoms with van der Waals surface area (Å²) < 4.78 is 7.78. The lowest BCUT2D eigenvalue weighted by molar-refractivity contribution is -0.128. The quantitative estimate of drug-likeness (QED) is 0.740. The number of carbonyl (C=O) groups excluding carboxylic acids is 1. The van der Waals surface area contributed by atoms with Crippen molar-refractivity contribution in [3.63, 3.8) is 0 Å². The standard InChI is InChI=1S/C16H29N5O2/c1-3-9-23-14-10-12(5-6-13(14)17)16(22)18-8-7-15-20-19-11-21(15)4-2/h11-14H,3-10,17H2,1-2H3,(H,18,22)/t12-,13+,14+/m0/s1. The monoisotopic (exact) mass is 323 g/mol. The number of nitrogens with two attached hydrogens (primary N) is 1. The first-order valence-electron chi connectivity index (χ1n) is 8.67. The Balaban J connectivity index is 1.76. The predicted molar refractivity (Wildman–Crippen MR) is 87.8 cm³/mol. The van der Waals surface area contributed by atoms with Gasteiger partial charge in [0.15, 0.2) is 0 Å². The molecule has 1 fully saturated rings. The second-order valence-electron chi connectivity index (χ2n) is 6.16. The molecule has 7 heteroatoms. The molecule has 3 N–H and O–H groups in total. The fraction of sp³-hybridized carbons (Fsp3) is 0.812. The SMILES string of the molecule is CCCO[C@@H]1C[C@@H](C(=O)NCCc2nncn2CC)CC[C@H]1N. The minimum Gasteiger partial charge on any atom is -0.377 e. The number of aromatic nitrogens is 3. The molecule has 0 bridgehead atoms. The average molecular weight is 323 g/mol. The first-order chi connectivity index (χ1) is 11.2. The maximum absolute atomic E-state index is 12.4. The number of nitrogens with one attached hydrogen (secondary N) is 1. The van der Waals surface area contributed by atoms with Crippen LogP contribution in [0.15, 0.2) is 6.33 Å². The first kappa shape index (κ1) is 17.9. The van der Waals surface area contributed by atoms with Crippen LogP contribution in [-0.2, 0) is 22.5 Å². The van der Waals surface area contributed by atoms with Gasteiger partial charge in [0.05, 0.1) is 6.10 Å². The smallest absolute Gasteiger partial charge is 0.223 e. The predicted octanol–water partition coefficient (Wildman–Crippen LogP) is 0.879. The minimum absolute atomic E-state index is 0.000649. The number of hydrogen-bond acceptors (Lipinski definition) is 5. The van der Waals surface area contributed by atoms with Gasteiger partial charge >= 0.3 is 0 Å². The molecule has 1 amide bonds. The van der Waals surface area contributed by atoms with Crippen molar-refractivity contribution in [2.45, 2.75) is 64.6 Å². The van der Waals surface area contributed by atoms with Gasteiger partial charge < -0.3 is 20.4 Å². The second kappa shape index (κ2) is 8.98. The highest BCUT2D eigenvalue weighted by Crippen LogP contribution is 2.26. The Morgan fingerprint density at radius 3 is 3.04 bits per heavy atom. The number of hydrogen-bond donors (Lipinski definition) is 2. The van der Waals surface area contributed by atoms with Crippen molar-refractivity contribution in [2.75, 3.05) is 13.2 Å². The summed E-state index contributed by atoms with van der Waals surface area (Å²) in [6.45, 7) is 6.26. The number of carbonyl (C=O) groups is 1. The third-order valence-corrected chi connectivity index (χ3v) is 4.43. The van der Waals surface area contributed by atoms with Gasteiger partial charge in [-0.25, -0.2) is 0 Å². The van der Waals surface area contributed by atoms with E-state index in [1.807, 2.05) is 11.5 Å². The fourth-order valence-corrected chi connectivity index (χ4v) is 3.03.